The molecule has 2 saturated heterocycles. The lowest BCUT2D eigenvalue weighted by Crippen LogP contribution is -2.50. The molecule has 0 unspecified atom stereocenters. The Morgan fingerprint density at radius 2 is 2.07 bits per heavy atom. The van der Waals surface area contributed by atoms with Crippen LogP contribution in [0.25, 0.3) is 0 Å². The predicted octanol–water partition coefficient (Wildman–Crippen LogP) is 1.61. The fourth-order valence-electron chi connectivity index (χ4n) is 5.10. The number of thioether (sulfide) groups is 1. The topological polar surface area (TPSA) is 87.1 Å². The number of aromatic amines is 1. The molecule has 9 heteroatoms. The van der Waals surface area contributed by atoms with Crippen molar-refractivity contribution in [2.75, 3.05) is 31.9 Å². The van der Waals surface area contributed by atoms with Gasteiger partial charge in [0.05, 0.1) is 5.75 Å². The van der Waals surface area contributed by atoms with Crippen molar-refractivity contribution in [2.45, 2.75) is 50.4 Å². The third-order valence-corrected chi connectivity index (χ3v) is 7.36. The minimum atomic E-state index is 0.124. The van der Waals surface area contributed by atoms with Crippen LogP contribution in [0.5, 0.6) is 0 Å². The molecule has 8 nitrogen and oxygen atoms in total. The molecule has 2 bridgehead atoms. The quantitative estimate of drug-likeness (QED) is 0.728. The van der Waals surface area contributed by atoms with Crippen molar-refractivity contribution in [3.8, 4) is 0 Å². The van der Waals surface area contributed by atoms with Crippen molar-refractivity contribution >= 4 is 17.7 Å². The molecule has 5 heterocycles. The van der Waals surface area contributed by atoms with Crippen LogP contribution in [0.15, 0.2) is 22.1 Å². The van der Waals surface area contributed by atoms with Gasteiger partial charge in [-0.25, -0.2) is 4.98 Å². The molecule has 0 saturated carbocycles. The van der Waals surface area contributed by atoms with Crippen LogP contribution in [-0.4, -0.2) is 67.4 Å². The number of hydrogen-bond acceptors (Lipinski definition) is 6. The monoisotopic (exact) mass is 428 g/mol. The first-order valence-corrected chi connectivity index (χ1v) is 11.8. The summed E-state index contributed by atoms with van der Waals surface area (Å²) >= 11 is 1.37. The molecular formula is C21H28N6O2S. The molecule has 2 atom stereocenters. The van der Waals surface area contributed by atoms with Gasteiger partial charge >= 0.3 is 0 Å². The van der Waals surface area contributed by atoms with Crippen molar-refractivity contribution in [1.29, 1.82) is 0 Å². The molecule has 0 aromatic carbocycles. The highest BCUT2D eigenvalue weighted by molar-refractivity contribution is 7.99. The van der Waals surface area contributed by atoms with E-state index in [0.717, 1.165) is 56.2 Å². The number of hydrogen-bond donors (Lipinski definition) is 1. The zero-order chi connectivity index (χ0) is 20.7. The predicted molar refractivity (Wildman–Crippen MR) is 114 cm³/mol. The minimum absolute atomic E-state index is 0.124. The van der Waals surface area contributed by atoms with E-state index in [0.29, 0.717) is 23.4 Å². The van der Waals surface area contributed by atoms with E-state index in [1.165, 1.54) is 24.6 Å². The third kappa shape index (κ3) is 3.92. The molecule has 0 aliphatic carbocycles. The molecule has 3 aliphatic rings. The summed E-state index contributed by atoms with van der Waals surface area (Å²) in [6.45, 7) is 6.93. The molecular weight excluding hydrogens is 400 g/mol. The van der Waals surface area contributed by atoms with Gasteiger partial charge in [-0.3, -0.25) is 19.6 Å². The second kappa shape index (κ2) is 8.19. The van der Waals surface area contributed by atoms with Gasteiger partial charge in [-0.15, -0.1) is 5.10 Å². The summed E-state index contributed by atoms with van der Waals surface area (Å²) in [4.78, 5) is 34.5. The van der Waals surface area contributed by atoms with Gasteiger partial charge in [-0.1, -0.05) is 17.8 Å². The van der Waals surface area contributed by atoms with E-state index in [2.05, 4.69) is 26.1 Å². The van der Waals surface area contributed by atoms with Crippen LogP contribution in [0.3, 0.4) is 0 Å². The SMILES string of the molecule is Cc1nc(SCC(=O)N2C[C@@H]3C[C@H](C2)c2ccc(CN4CCCC4)c(=O)n2C3)n[nH]1. The Kier molecular flexibility index (Phi) is 5.41. The maximum Gasteiger partial charge on any atom is 0.255 e. The number of rotatable bonds is 5. The molecule has 160 valence electrons. The van der Waals surface area contributed by atoms with Gasteiger partial charge in [0, 0.05) is 43.4 Å². The summed E-state index contributed by atoms with van der Waals surface area (Å²) in [6, 6.07) is 4.15. The maximum absolute atomic E-state index is 13.1. The Labute approximate surface area is 180 Å². The second-order valence-corrected chi connectivity index (χ2v) is 9.71. The van der Waals surface area contributed by atoms with Crippen molar-refractivity contribution in [3.63, 3.8) is 0 Å². The smallest absolute Gasteiger partial charge is 0.255 e. The van der Waals surface area contributed by atoms with Crippen molar-refractivity contribution in [3.05, 3.63) is 39.6 Å². The number of amides is 1. The largest absolute Gasteiger partial charge is 0.341 e. The molecule has 1 N–H and O–H groups in total. The first-order valence-electron chi connectivity index (χ1n) is 10.8. The van der Waals surface area contributed by atoms with Crippen LogP contribution in [0, 0.1) is 12.8 Å². The number of nitrogens with one attached hydrogen (secondary N) is 1. The highest BCUT2D eigenvalue weighted by Gasteiger charge is 2.36. The van der Waals surface area contributed by atoms with Gasteiger partial charge < -0.3 is 9.47 Å². The summed E-state index contributed by atoms with van der Waals surface area (Å²) < 4.78 is 2.00. The molecule has 0 radical (unpaired) electrons. The Bertz CT molecular complexity index is 996. The molecule has 3 aliphatic heterocycles. The van der Waals surface area contributed by atoms with Gasteiger partial charge in [0.1, 0.15) is 5.82 Å². The Morgan fingerprint density at radius 3 is 2.83 bits per heavy atom. The first kappa shape index (κ1) is 19.8. The lowest BCUT2D eigenvalue weighted by atomic mass is 9.83. The van der Waals surface area contributed by atoms with Crippen LogP contribution in [0.4, 0.5) is 0 Å². The molecule has 5 rings (SSSR count). The number of nitrogens with zero attached hydrogens (tertiary/aromatic N) is 5. The molecule has 2 aromatic heterocycles. The van der Waals surface area contributed by atoms with E-state index in [1.807, 2.05) is 22.5 Å². The Balaban J connectivity index is 1.28. The number of carbonyl (C=O) groups excluding carboxylic acids is 1. The Hall–Kier alpha value is -2.13. The minimum Gasteiger partial charge on any atom is -0.341 e. The Morgan fingerprint density at radius 1 is 1.23 bits per heavy atom. The highest BCUT2D eigenvalue weighted by atomic mass is 32.2. The lowest BCUT2D eigenvalue weighted by molar-refractivity contribution is -0.131. The average Bonchev–Trinajstić information content (AvgIpc) is 3.40. The summed E-state index contributed by atoms with van der Waals surface area (Å²) in [5.41, 5.74) is 2.17. The zero-order valence-electron chi connectivity index (χ0n) is 17.3. The van der Waals surface area contributed by atoms with E-state index in [-0.39, 0.29) is 17.4 Å². The van der Waals surface area contributed by atoms with Crippen molar-refractivity contribution < 1.29 is 4.79 Å². The molecule has 1 amide bonds. The van der Waals surface area contributed by atoms with E-state index >= 15 is 0 Å². The highest BCUT2D eigenvalue weighted by Crippen LogP contribution is 2.35. The van der Waals surface area contributed by atoms with Gasteiger partial charge in [-0.2, -0.15) is 0 Å². The number of H-pyrrole nitrogens is 1. The van der Waals surface area contributed by atoms with Crippen molar-refractivity contribution in [1.82, 2.24) is 29.5 Å². The van der Waals surface area contributed by atoms with Crippen molar-refractivity contribution in [2.24, 2.45) is 5.92 Å². The van der Waals surface area contributed by atoms with Crippen LogP contribution < -0.4 is 5.56 Å². The van der Waals surface area contributed by atoms with Gasteiger partial charge in [0.2, 0.25) is 11.1 Å². The lowest BCUT2D eigenvalue weighted by Gasteiger charge is -2.43. The summed E-state index contributed by atoms with van der Waals surface area (Å²) in [5, 5.41) is 7.51. The maximum atomic E-state index is 13.1. The molecule has 30 heavy (non-hydrogen) atoms. The number of fused-ring (bicyclic) bond motifs is 4. The van der Waals surface area contributed by atoms with E-state index in [1.54, 1.807) is 0 Å². The number of carbonyl (C=O) groups is 1. The normalized spacial score (nSPS) is 23.6. The second-order valence-electron chi connectivity index (χ2n) is 8.77. The van der Waals surface area contributed by atoms with Crippen LogP contribution >= 0.6 is 11.8 Å². The van der Waals surface area contributed by atoms with Crippen LogP contribution in [0.1, 0.15) is 42.3 Å². The molecule has 2 aromatic rings. The fraction of sp³-hybridized carbons (Fsp3) is 0.619. The number of aryl methyl sites for hydroxylation is 1. The van der Waals surface area contributed by atoms with Crippen LogP contribution in [0.2, 0.25) is 0 Å². The zero-order valence-corrected chi connectivity index (χ0v) is 18.2. The summed E-state index contributed by atoms with van der Waals surface area (Å²) in [6.07, 6.45) is 3.52. The van der Waals surface area contributed by atoms with Gasteiger partial charge in [0.15, 0.2) is 0 Å². The van der Waals surface area contributed by atoms with E-state index in [9.17, 15) is 9.59 Å². The molecule has 2 fully saturated rings. The number of pyridine rings is 1. The summed E-state index contributed by atoms with van der Waals surface area (Å²) in [7, 11) is 0. The third-order valence-electron chi connectivity index (χ3n) is 6.53. The fourth-order valence-corrected chi connectivity index (χ4v) is 5.85. The molecule has 0 spiro atoms. The number of aromatic nitrogens is 4. The first-order chi connectivity index (χ1) is 14.6. The van der Waals surface area contributed by atoms with Gasteiger partial charge in [-0.05, 0) is 51.3 Å². The van der Waals surface area contributed by atoms with E-state index in [4.69, 9.17) is 0 Å². The van der Waals surface area contributed by atoms with Gasteiger partial charge in [0.25, 0.3) is 5.56 Å². The van der Waals surface area contributed by atoms with E-state index < -0.39 is 0 Å². The average molecular weight is 429 g/mol. The standard InChI is InChI=1S/C21H28N6O2S/c1-14-22-21(24-23-14)30-13-19(28)26-9-15-8-17(12-26)18-5-4-16(20(29)27(18)10-15)11-25-6-2-3-7-25/h4-5,15,17H,2-3,6-13H2,1H3,(H,22,23,24)/t15-,17+/m0/s1. The number of piperidine rings is 1. The number of likely N-dealkylation sites (tertiary alicyclic amines) is 2. The summed E-state index contributed by atoms with van der Waals surface area (Å²) in [5.74, 6) is 1.81. The van der Waals surface area contributed by atoms with Crippen LogP contribution in [-0.2, 0) is 17.9 Å².